The first-order chi connectivity index (χ1) is 12.0. The molecule has 0 amide bonds. The van der Waals surface area contributed by atoms with Crippen molar-refractivity contribution in [2.24, 2.45) is 5.92 Å². The van der Waals surface area contributed by atoms with Gasteiger partial charge in [-0.2, -0.15) is 0 Å². The van der Waals surface area contributed by atoms with Crippen LogP contribution in [0.1, 0.15) is 62.5 Å². The van der Waals surface area contributed by atoms with Crippen LogP contribution in [0.15, 0.2) is 18.2 Å². The summed E-state index contributed by atoms with van der Waals surface area (Å²) in [7, 11) is 2.42. The average molecular weight is 343 g/mol. The molecule has 3 fully saturated rings. The van der Waals surface area contributed by atoms with Crippen molar-refractivity contribution >= 4 is 0 Å². The molecule has 136 valence electrons. The molecule has 0 spiro atoms. The van der Waals surface area contributed by atoms with Gasteiger partial charge in [-0.15, -0.1) is 0 Å². The highest BCUT2D eigenvalue weighted by atomic mass is 16.3. The van der Waals surface area contributed by atoms with Gasteiger partial charge in [0.05, 0.1) is 20.1 Å². The maximum atomic E-state index is 12.1. The maximum Gasteiger partial charge on any atom is 0.126 e. The Morgan fingerprint density at radius 1 is 1.12 bits per heavy atom. The summed E-state index contributed by atoms with van der Waals surface area (Å²) in [6, 6.07) is 6.27. The van der Waals surface area contributed by atoms with Crippen LogP contribution in [0.25, 0.3) is 0 Å². The molecule has 3 unspecified atom stereocenters. The normalized spacial score (nSPS) is 43.0. The topological polar surface area (TPSA) is 40.5 Å². The Morgan fingerprint density at radius 3 is 2.68 bits per heavy atom. The van der Waals surface area contributed by atoms with Crippen molar-refractivity contribution in [3.63, 3.8) is 0 Å². The molecule has 1 heterocycles. The fraction of sp³-hybridized carbons (Fsp3) is 0.727. The Bertz CT molecular complexity index is 699. The number of nitrogens with zero attached hydrogens (tertiary/aromatic N) is 1. The lowest BCUT2D eigenvalue weighted by Crippen LogP contribution is -2.78. The molecule has 25 heavy (non-hydrogen) atoms. The molecular formula is C22H32NO2+. The molecule has 3 nitrogen and oxygen atoms in total. The lowest BCUT2D eigenvalue weighted by atomic mass is 9.49. The molecule has 4 atom stereocenters. The van der Waals surface area contributed by atoms with Crippen LogP contribution in [0.4, 0.5) is 0 Å². The SMILES string of the molecule is C[N+]1(CC2CCC2)CC[C@@]23CCCCC2(O)C1Cc1ccc(O)cc13. The number of rotatable bonds is 2. The number of phenols is 1. The van der Waals surface area contributed by atoms with Gasteiger partial charge < -0.3 is 14.7 Å². The van der Waals surface area contributed by atoms with Gasteiger partial charge in [-0.05, 0) is 48.9 Å². The number of fused-ring (bicyclic) bond motifs is 1. The summed E-state index contributed by atoms with van der Waals surface area (Å²) in [6.07, 6.45) is 10.6. The third-order valence-corrected chi connectivity index (χ3v) is 8.52. The predicted octanol–water partition coefficient (Wildman–Crippen LogP) is 3.51. The average Bonchev–Trinajstić information content (AvgIpc) is 2.55. The lowest BCUT2D eigenvalue weighted by Gasteiger charge is -2.66. The van der Waals surface area contributed by atoms with Crippen molar-refractivity contribution in [3.05, 3.63) is 29.3 Å². The van der Waals surface area contributed by atoms with Gasteiger partial charge in [0.25, 0.3) is 0 Å². The van der Waals surface area contributed by atoms with Crippen LogP contribution in [0.3, 0.4) is 0 Å². The smallest absolute Gasteiger partial charge is 0.126 e. The Kier molecular flexibility index (Phi) is 3.38. The van der Waals surface area contributed by atoms with E-state index in [1.807, 2.05) is 12.1 Å². The molecule has 1 aromatic rings. The number of likely N-dealkylation sites (N-methyl/N-ethyl adjacent to an activating group) is 1. The van der Waals surface area contributed by atoms with Crippen LogP contribution in [0.5, 0.6) is 5.75 Å². The lowest BCUT2D eigenvalue weighted by molar-refractivity contribution is -0.952. The van der Waals surface area contributed by atoms with E-state index in [0.717, 1.165) is 42.5 Å². The molecule has 0 aromatic heterocycles. The standard InChI is InChI=1S/C22H31NO2/c1-23(15-16-5-4-6-16)12-11-21-9-2-3-10-22(21,25)20(23)13-17-7-8-18(24)14-19(17)21/h7-8,14,16,20,25H,2-6,9-13,15H2,1H3/p+1/t20?,21-,22?,23?/m1/s1. The van der Waals surface area contributed by atoms with E-state index >= 15 is 0 Å². The Morgan fingerprint density at radius 2 is 1.92 bits per heavy atom. The minimum absolute atomic E-state index is 0.125. The summed E-state index contributed by atoms with van der Waals surface area (Å²) in [6.45, 7) is 2.43. The van der Waals surface area contributed by atoms with Gasteiger partial charge in [0.2, 0.25) is 0 Å². The Labute approximate surface area is 151 Å². The van der Waals surface area contributed by atoms with Gasteiger partial charge >= 0.3 is 0 Å². The predicted molar refractivity (Wildman–Crippen MR) is 98.6 cm³/mol. The van der Waals surface area contributed by atoms with Crippen molar-refractivity contribution in [1.29, 1.82) is 0 Å². The number of aliphatic hydroxyl groups is 1. The van der Waals surface area contributed by atoms with E-state index in [0.29, 0.717) is 11.8 Å². The third kappa shape index (κ3) is 2.06. The van der Waals surface area contributed by atoms with Crippen LogP contribution < -0.4 is 0 Å². The molecular weight excluding hydrogens is 310 g/mol. The third-order valence-electron chi connectivity index (χ3n) is 8.52. The van der Waals surface area contributed by atoms with Crippen LogP contribution in [0.2, 0.25) is 0 Å². The molecule has 2 saturated carbocycles. The first-order valence-electron chi connectivity index (χ1n) is 10.4. The van der Waals surface area contributed by atoms with Gasteiger partial charge in [0.1, 0.15) is 17.4 Å². The molecule has 0 radical (unpaired) electrons. The van der Waals surface area contributed by atoms with E-state index in [1.54, 1.807) is 0 Å². The number of hydrogen-bond acceptors (Lipinski definition) is 2. The highest BCUT2D eigenvalue weighted by molar-refractivity contribution is 5.47. The number of phenolic OH excluding ortho intramolecular Hbond substituents is 1. The van der Waals surface area contributed by atoms with Crippen molar-refractivity contribution in [1.82, 2.24) is 0 Å². The van der Waals surface area contributed by atoms with E-state index in [2.05, 4.69) is 13.1 Å². The molecule has 5 rings (SSSR count). The number of benzene rings is 1. The number of piperidine rings is 1. The van der Waals surface area contributed by atoms with E-state index < -0.39 is 5.60 Å². The number of likely N-dealkylation sites (tertiary alicyclic amines) is 1. The van der Waals surface area contributed by atoms with E-state index in [-0.39, 0.29) is 5.41 Å². The number of aromatic hydroxyl groups is 1. The summed E-state index contributed by atoms with van der Waals surface area (Å²) < 4.78 is 1.06. The molecule has 1 saturated heterocycles. The largest absolute Gasteiger partial charge is 0.508 e. The zero-order valence-corrected chi connectivity index (χ0v) is 15.5. The quantitative estimate of drug-likeness (QED) is 0.808. The second-order valence-corrected chi connectivity index (χ2v) is 9.71. The van der Waals surface area contributed by atoms with Crippen molar-refractivity contribution in [2.45, 2.75) is 74.8 Å². The summed E-state index contributed by atoms with van der Waals surface area (Å²) in [5.74, 6) is 1.22. The molecule has 4 aliphatic rings. The van der Waals surface area contributed by atoms with Crippen molar-refractivity contribution in [3.8, 4) is 5.75 Å². The van der Waals surface area contributed by atoms with Gasteiger partial charge in [-0.1, -0.05) is 25.3 Å². The monoisotopic (exact) mass is 342 g/mol. The minimum atomic E-state index is -0.594. The summed E-state index contributed by atoms with van der Waals surface area (Å²) >= 11 is 0. The molecule has 2 bridgehead atoms. The first-order valence-corrected chi connectivity index (χ1v) is 10.4. The number of quaternary nitrogens is 1. The van der Waals surface area contributed by atoms with Crippen LogP contribution >= 0.6 is 0 Å². The summed E-state index contributed by atoms with van der Waals surface area (Å²) in [4.78, 5) is 0. The van der Waals surface area contributed by atoms with Gasteiger partial charge in [-0.25, -0.2) is 0 Å². The van der Waals surface area contributed by atoms with E-state index in [4.69, 9.17) is 0 Å². The van der Waals surface area contributed by atoms with Crippen LogP contribution in [-0.4, -0.2) is 46.5 Å². The zero-order valence-electron chi connectivity index (χ0n) is 15.5. The highest BCUT2D eigenvalue weighted by Crippen LogP contribution is 2.60. The van der Waals surface area contributed by atoms with Crippen LogP contribution in [-0.2, 0) is 11.8 Å². The first kappa shape index (κ1) is 16.1. The summed E-state index contributed by atoms with van der Waals surface area (Å²) in [5, 5.41) is 22.3. The maximum absolute atomic E-state index is 12.1. The molecule has 1 aromatic carbocycles. The highest BCUT2D eigenvalue weighted by Gasteiger charge is 2.68. The fourth-order valence-electron chi connectivity index (χ4n) is 6.99. The van der Waals surface area contributed by atoms with E-state index in [9.17, 15) is 10.2 Å². The fourth-order valence-corrected chi connectivity index (χ4v) is 6.99. The number of hydrogen-bond donors (Lipinski definition) is 2. The van der Waals surface area contributed by atoms with Gasteiger partial charge in [-0.3, -0.25) is 0 Å². The van der Waals surface area contributed by atoms with Gasteiger partial charge in [0.15, 0.2) is 0 Å². The molecule has 1 aliphatic heterocycles. The Balaban J connectivity index is 1.63. The second kappa shape index (κ2) is 5.23. The van der Waals surface area contributed by atoms with Gasteiger partial charge in [0, 0.05) is 24.2 Å². The minimum Gasteiger partial charge on any atom is -0.508 e. The van der Waals surface area contributed by atoms with Crippen molar-refractivity contribution in [2.75, 3.05) is 20.1 Å². The van der Waals surface area contributed by atoms with E-state index in [1.165, 1.54) is 49.9 Å². The van der Waals surface area contributed by atoms with Crippen LogP contribution in [0, 0.1) is 5.92 Å². The molecule has 3 aliphatic carbocycles. The molecule has 2 N–H and O–H groups in total. The summed E-state index contributed by atoms with van der Waals surface area (Å²) in [5.41, 5.74) is 1.93. The van der Waals surface area contributed by atoms with Crippen molar-refractivity contribution < 1.29 is 14.7 Å². The molecule has 3 heteroatoms. The second-order valence-electron chi connectivity index (χ2n) is 9.71. The Hall–Kier alpha value is -1.06. The zero-order chi connectivity index (χ0) is 17.3.